The molecule has 1 aliphatic heterocycles. The first-order chi connectivity index (χ1) is 14.2. The first kappa shape index (κ1) is 19.1. The van der Waals surface area contributed by atoms with Gasteiger partial charge in [0, 0.05) is 24.0 Å². The third-order valence-corrected chi connectivity index (χ3v) is 8.01. The summed E-state index contributed by atoms with van der Waals surface area (Å²) in [5.41, 5.74) is 10.9. The average molecular weight is 392 g/mol. The number of fused-ring (bicyclic) bond motifs is 1. The average Bonchev–Trinajstić information content (AvgIpc) is 3.06. The van der Waals surface area contributed by atoms with Gasteiger partial charge in [-0.25, -0.2) is 0 Å². The highest BCUT2D eigenvalue weighted by molar-refractivity contribution is 5.33. The molecule has 0 amide bonds. The maximum atomic E-state index is 6.72. The zero-order valence-electron chi connectivity index (χ0n) is 17.5. The lowest BCUT2D eigenvalue weighted by Crippen LogP contribution is -2.48. The summed E-state index contributed by atoms with van der Waals surface area (Å²) in [6.45, 7) is 2.38. The highest BCUT2D eigenvalue weighted by Gasteiger charge is 2.47. The molecule has 2 aliphatic carbocycles. The first-order valence-corrected chi connectivity index (χ1v) is 11.3. The summed E-state index contributed by atoms with van der Waals surface area (Å²) < 4.78 is 5.42. The number of nitrogens with two attached hydrogens (primary N) is 1. The molecule has 5 rings (SSSR count). The minimum absolute atomic E-state index is 0.164. The van der Waals surface area contributed by atoms with E-state index < -0.39 is 0 Å². The number of hydrogen-bond donors (Lipinski definition) is 1. The van der Waals surface area contributed by atoms with Gasteiger partial charge in [-0.1, -0.05) is 18.2 Å². The Morgan fingerprint density at radius 1 is 1.07 bits per heavy atom. The van der Waals surface area contributed by atoms with Crippen molar-refractivity contribution < 1.29 is 4.74 Å². The molecule has 0 bridgehead atoms. The van der Waals surface area contributed by atoms with Gasteiger partial charge in [0.25, 0.3) is 0 Å². The van der Waals surface area contributed by atoms with E-state index in [2.05, 4.69) is 34.1 Å². The fourth-order valence-electron chi connectivity index (χ4n) is 6.15. The second-order valence-corrected chi connectivity index (χ2v) is 9.37. The van der Waals surface area contributed by atoms with Gasteiger partial charge in [0.15, 0.2) is 0 Å². The van der Waals surface area contributed by atoms with Crippen molar-refractivity contribution in [3.63, 3.8) is 0 Å². The Kier molecular flexibility index (Phi) is 5.09. The first-order valence-electron chi connectivity index (χ1n) is 11.3. The number of rotatable bonds is 3. The van der Waals surface area contributed by atoms with Crippen LogP contribution in [0.2, 0.25) is 0 Å². The molecule has 4 heteroatoms. The Labute approximate surface area is 174 Å². The topological polar surface area (TPSA) is 51.4 Å². The molecular formula is C25H33N3O. The number of methoxy groups -OCH3 is 1. The number of piperidine rings is 1. The molecule has 1 aromatic carbocycles. The largest absolute Gasteiger partial charge is 0.497 e. The van der Waals surface area contributed by atoms with Crippen molar-refractivity contribution in [2.24, 2.45) is 11.1 Å². The molecule has 1 atom stereocenters. The number of hydrogen-bond acceptors (Lipinski definition) is 4. The summed E-state index contributed by atoms with van der Waals surface area (Å²) >= 11 is 0. The minimum atomic E-state index is 0.164. The smallest absolute Gasteiger partial charge is 0.119 e. The van der Waals surface area contributed by atoms with Crippen molar-refractivity contribution in [1.29, 1.82) is 0 Å². The predicted molar refractivity (Wildman–Crippen MR) is 116 cm³/mol. The Hall–Kier alpha value is -1.91. The van der Waals surface area contributed by atoms with Gasteiger partial charge < -0.3 is 15.4 Å². The van der Waals surface area contributed by atoms with Crippen molar-refractivity contribution >= 4 is 0 Å². The van der Waals surface area contributed by atoms with Crippen LogP contribution < -0.4 is 10.5 Å². The number of nitrogens with zero attached hydrogens (tertiary/aromatic N) is 2. The molecule has 0 radical (unpaired) electrons. The molecule has 1 saturated carbocycles. The third-order valence-electron chi connectivity index (χ3n) is 8.01. The number of likely N-dealkylation sites (tertiary alicyclic amines) is 1. The van der Waals surface area contributed by atoms with Gasteiger partial charge in [-0.2, -0.15) is 0 Å². The zero-order valence-corrected chi connectivity index (χ0v) is 17.5. The lowest BCUT2D eigenvalue weighted by atomic mass is 9.72. The van der Waals surface area contributed by atoms with E-state index in [9.17, 15) is 0 Å². The van der Waals surface area contributed by atoms with Crippen LogP contribution in [-0.2, 0) is 6.42 Å². The van der Waals surface area contributed by atoms with Crippen LogP contribution >= 0.6 is 0 Å². The van der Waals surface area contributed by atoms with Crippen LogP contribution in [0.15, 0.2) is 42.6 Å². The fraction of sp³-hybridized carbons (Fsp3) is 0.560. The van der Waals surface area contributed by atoms with Gasteiger partial charge in [0.05, 0.1) is 7.11 Å². The molecule has 4 nitrogen and oxygen atoms in total. The number of benzene rings is 1. The van der Waals surface area contributed by atoms with E-state index in [1.807, 2.05) is 18.3 Å². The Morgan fingerprint density at radius 3 is 2.59 bits per heavy atom. The van der Waals surface area contributed by atoms with Crippen molar-refractivity contribution in [1.82, 2.24) is 9.88 Å². The van der Waals surface area contributed by atoms with Crippen LogP contribution in [0.5, 0.6) is 5.75 Å². The van der Waals surface area contributed by atoms with Crippen LogP contribution in [0.25, 0.3) is 0 Å². The van der Waals surface area contributed by atoms with E-state index in [0.29, 0.717) is 5.92 Å². The normalized spacial score (nSPS) is 29.0. The Morgan fingerprint density at radius 2 is 1.86 bits per heavy atom. The molecule has 2 N–H and O–H groups in total. The zero-order chi connectivity index (χ0) is 19.8. The van der Waals surface area contributed by atoms with Gasteiger partial charge in [-0.15, -0.1) is 0 Å². The standard InChI is InChI=1S/C25H33N3O/c1-29-21-5-2-4-19(16-21)18-7-9-20(10-8-18)28-14-11-25(12-15-28)17-23-22(24(25)26)6-3-13-27-23/h2-6,13,16,18,20,24H,7-12,14-15,17,26H2,1H3/t18?,20?,24-/m1/s1. The summed E-state index contributed by atoms with van der Waals surface area (Å²) in [4.78, 5) is 7.38. The van der Waals surface area contributed by atoms with E-state index in [-0.39, 0.29) is 11.5 Å². The van der Waals surface area contributed by atoms with Gasteiger partial charge in [-0.05, 0) is 98.7 Å². The van der Waals surface area contributed by atoms with Crippen molar-refractivity contribution in [3.05, 3.63) is 59.4 Å². The molecule has 0 unspecified atom stereocenters. The summed E-state index contributed by atoms with van der Waals surface area (Å²) in [6, 6.07) is 13.8. The van der Waals surface area contributed by atoms with Crippen LogP contribution in [0, 0.1) is 5.41 Å². The van der Waals surface area contributed by atoms with Gasteiger partial charge in [-0.3, -0.25) is 4.98 Å². The van der Waals surface area contributed by atoms with Gasteiger partial charge >= 0.3 is 0 Å². The molecule has 3 aliphatic rings. The molecule has 2 heterocycles. The van der Waals surface area contributed by atoms with Crippen molar-refractivity contribution in [2.75, 3.05) is 20.2 Å². The molecule has 2 fully saturated rings. The minimum Gasteiger partial charge on any atom is -0.497 e. The predicted octanol–water partition coefficient (Wildman–Crippen LogP) is 4.45. The van der Waals surface area contributed by atoms with Crippen LogP contribution in [-0.4, -0.2) is 36.1 Å². The molecule has 29 heavy (non-hydrogen) atoms. The Bertz CT molecular complexity index is 851. The van der Waals surface area contributed by atoms with Gasteiger partial charge in [0.1, 0.15) is 5.75 Å². The van der Waals surface area contributed by atoms with Crippen LogP contribution in [0.1, 0.15) is 67.3 Å². The monoisotopic (exact) mass is 391 g/mol. The van der Waals surface area contributed by atoms with E-state index in [1.165, 1.54) is 68.4 Å². The second kappa shape index (κ2) is 7.73. The molecule has 1 aromatic heterocycles. The molecule has 1 spiro atoms. The lowest BCUT2D eigenvalue weighted by Gasteiger charge is -2.46. The second-order valence-electron chi connectivity index (χ2n) is 9.37. The third kappa shape index (κ3) is 3.47. The molecular weight excluding hydrogens is 358 g/mol. The molecule has 154 valence electrons. The maximum absolute atomic E-state index is 6.72. The SMILES string of the molecule is COc1cccc(C2CCC(N3CCC4(CC3)Cc3ncccc3[C@H]4N)CC2)c1. The number of aromatic nitrogens is 1. The van der Waals surface area contributed by atoms with Crippen LogP contribution in [0.4, 0.5) is 0 Å². The quantitative estimate of drug-likeness (QED) is 0.840. The van der Waals surface area contributed by atoms with E-state index >= 15 is 0 Å². The number of ether oxygens (including phenoxy) is 1. The summed E-state index contributed by atoms with van der Waals surface area (Å²) in [5, 5.41) is 0. The summed E-state index contributed by atoms with van der Waals surface area (Å²) in [6.07, 6.45) is 10.6. The maximum Gasteiger partial charge on any atom is 0.119 e. The Balaban J connectivity index is 1.18. The molecule has 1 saturated heterocycles. The molecule has 2 aromatic rings. The van der Waals surface area contributed by atoms with E-state index in [4.69, 9.17) is 10.5 Å². The van der Waals surface area contributed by atoms with Gasteiger partial charge in [0.2, 0.25) is 0 Å². The van der Waals surface area contributed by atoms with Crippen LogP contribution in [0.3, 0.4) is 0 Å². The summed E-state index contributed by atoms with van der Waals surface area (Å²) in [5.74, 6) is 1.66. The lowest BCUT2D eigenvalue weighted by molar-refractivity contribution is 0.0470. The van der Waals surface area contributed by atoms with Crippen molar-refractivity contribution in [2.45, 2.75) is 62.9 Å². The highest BCUT2D eigenvalue weighted by atomic mass is 16.5. The number of pyridine rings is 1. The van der Waals surface area contributed by atoms with Crippen molar-refractivity contribution in [3.8, 4) is 5.75 Å². The summed E-state index contributed by atoms with van der Waals surface area (Å²) in [7, 11) is 1.75. The highest BCUT2D eigenvalue weighted by Crippen LogP contribution is 2.50. The van der Waals surface area contributed by atoms with E-state index in [1.54, 1.807) is 7.11 Å². The fourth-order valence-corrected chi connectivity index (χ4v) is 6.15. The van der Waals surface area contributed by atoms with E-state index in [0.717, 1.165) is 18.2 Å².